The molecule has 6 nitrogen and oxygen atoms in total. The molecule has 0 saturated heterocycles. The Hall–Kier alpha value is 0.500. The maximum absolute atomic E-state index is 0. The van der Waals surface area contributed by atoms with E-state index in [1.54, 1.807) is 0 Å². The molecule has 0 spiro atoms. The molecule has 7 heavy (non-hydrogen) atoms. The van der Waals surface area contributed by atoms with Gasteiger partial charge in [-0.25, -0.2) is 0 Å². The standard InChI is InChI=1S/Ag.6H2O/h;6*1H2. The summed E-state index contributed by atoms with van der Waals surface area (Å²) in [6.07, 6.45) is 0. The molecule has 0 atom stereocenters. The van der Waals surface area contributed by atoms with Gasteiger partial charge in [0.05, 0.1) is 0 Å². The molecular weight excluding hydrogens is 204 g/mol. The van der Waals surface area contributed by atoms with Gasteiger partial charge in [-0.05, 0) is 0 Å². The molecule has 0 aromatic heterocycles. The molecule has 0 heterocycles. The van der Waals surface area contributed by atoms with Crippen molar-refractivity contribution in [3.63, 3.8) is 0 Å². The molecule has 7 heteroatoms. The van der Waals surface area contributed by atoms with Gasteiger partial charge in [0.25, 0.3) is 0 Å². The quantitative estimate of drug-likeness (QED) is 0.350. The normalized spacial score (nSPS) is 0. The van der Waals surface area contributed by atoms with Crippen molar-refractivity contribution in [1.82, 2.24) is 0 Å². The van der Waals surface area contributed by atoms with Crippen LogP contribution in [0.3, 0.4) is 0 Å². The van der Waals surface area contributed by atoms with Gasteiger partial charge in [0.2, 0.25) is 0 Å². The van der Waals surface area contributed by atoms with Gasteiger partial charge in [-0.15, -0.1) is 0 Å². The molecule has 0 aromatic carbocycles. The van der Waals surface area contributed by atoms with Gasteiger partial charge in [0, 0.05) is 22.4 Å². The molecule has 1 radical (unpaired) electrons. The third-order valence-electron chi connectivity index (χ3n) is 0. The Balaban J connectivity index is 0. The van der Waals surface area contributed by atoms with Gasteiger partial charge in [-0.2, -0.15) is 0 Å². The van der Waals surface area contributed by atoms with Crippen LogP contribution in [0.4, 0.5) is 0 Å². The van der Waals surface area contributed by atoms with Crippen LogP contribution in [0.25, 0.3) is 0 Å². The Labute approximate surface area is 55.9 Å². The van der Waals surface area contributed by atoms with Crippen molar-refractivity contribution in [2.24, 2.45) is 0 Å². The molecule has 0 aromatic rings. The fourth-order valence-corrected chi connectivity index (χ4v) is 0. The van der Waals surface area contributed by atoms with Crippen molar-refractivity contribution in [2.45, 2.75) is 0 Å². The van der Waals surface area contributed by atoms with E-state index in [1.807, 2.05) is 0 Å². The Morgan fingerprint density at radius 3 is 0.286 bits per heavy atom. The van der Waals surface area contributed by atoms with Gasteiger partial charge in [-0.3, -0.25) is 0 Å². The molecule has 0 aliphatic heterocycles. The number of rotatable bonds is 0. The third-order valence-corrected chi connectivity index (χ3v) is 0. The molecule has 59 valence electrons. The molecule has 0 aliphatic rings. The second-order valence-corrected chi connectivity index (χ2v) is 0. The van der Waals surface area contributed by atoms with Crippen LogP contribution < -0.4 is 0 Å². The van der Waals surface area contributed by atoms with E-state index in [4.69, 9.17) is 0 Å². The molecule has 12 N–H and O–H groups in total. The van der Waals surface area contributed by atoms with Crippen LogP contribution in [0.1, 0.15) is 0 Å². The molecule has 0 amide bonds. The first-order valence-corrected chi connectivity index (χ1v) is 0. The first kappa shape index (κ1) is 1270. The molecule has 0 rings (SSSR count). The molecule has 0 unspecified atom stereocenters. The third kappa shape index (κ3) is 526. The van der Waals surface area contributed by atoms with E-state index in [0.29, 0.717) is 0 Å². The Bertz CT molecular complexity index is 4.14. The summed E-state index contributed by atoms with van der Waals surface area (Å²) >= 11 is 0. The zero-order valence-electron chi connectivity index (χ0n) is 3.30. The van der Waals surface area contributed by atoms with E-state index in [0.717, 1.165) is 0 Å². The predicted octanol–water partition coefficient (Wildman–Crippen LogP) is -4.95. The molecular formula is H12AgO6. The largest absolute Gasteiger partial charge is 0.412 e. The van der Waals surface area contributed by atoms with Crippen molar-refractivity contribution in [3.8, 4) is 0 Å². The predicted molar refractivity (Wildman–Crippen MR) is 21.7 cm³/mol. The fourth-order valence-electron chi connectivity index (χ4n) is 0. The second kappa shape index (κ2) is 786. The number of hydrogen-bond donors (Lipinski definition) is 0. The summed E-state index contributed by atoms with van der Waals surface area (Å²) in [5.41, 5.74) is 0. The van der Waals surface area contributed by atoms with Crippen LogP contribution in [-0.4, -0.2) is 32.9 Å². The van der Waals surface area contributed by atoms with Gasteiger partial charge < -0.3 is 32.9 Å². The zero-order chi connectivity index (χ0) is 0. The van der Waals surface area contributed by atoms with Gasteiger partial charge >= 0.3 is 0 Å². The van der Waals surface area contributed by atoms with Gasteiger partial charge in [0.1, 0.15) is 0 Å². The molecule has 0 saturated carbocycles. The van der Waals surface area contributed by atoms with E-state index in [-0.39, 0.29) is 55.2 Å². The summed E-state index contributed by atoms with van der Waals surface area (Å²) in [4.78, 5) is 0. The van der Waals surface area contributed by atoms with Crippen LogP contribution in [0.5, 0.6) is 0 Å². The van der Waals surface area contributed by atoms with Gasteiger partial charge in [-0.1, -0.05) is 0 Å². The van der Waals surface area contributed by atoms with E-state index >= 15 is 0 Å². The van der Waals surface area contributed by atoms with Crippen LogP contribution in [0.2, 0.25) is 0 Å². The topological polar surface area (TPSA) is 189 Å². The van der Waals surface area contributed by atoms with Crippen LogP contribution in [0, 0.1) is 0 Å². The van der Waals surface area contributed by atoms with Crippen molar-refractivity contribution in [2.75, 3.05) is 0 Å². The summed E-state index contributed by atoms with van der Waals surface area (Å²) in [6.45, 7) is 0. The van der Waals surface area contributed by atoms with Crippen LogP contribution in [0.15, 0.2) is 0 Å². The fraction of sp³-hybridized carbons (Fsp3) is 0. The summed E-state index contributed by atoms with van der Waals surface area (Å²) in [5.74, 6) is 0. The minimum atomic E-state index is 0. The number of hydrogen-bond acceptors (Lipinski definition) is 0. The Morgan fingerprint density at radius 2 is 0.286 bits per heavy atom. The average molecular weight is 216 g/mol. The van der Waals surface area contributed by atoms with E-state index < -0.39 is 0 Å². The summed E-state index contributed by atoms with van der Waals surface area (Å²) < 4.78 is 0. The Kier molecular flexibility index (Phi) is 142000. The van der Waals surface area contributed by atoms with Crippen LogP contribution >= 0.6 is 0 Å². The SMILES string of the molecule is O.O.O.O.O.O.[Ag]. The first-order chi connectivity index (χ1) is 0. The van der Waals surface area contributed by atoms with E-state index in [1.165, 1.54) is 0 Å². The van der Waals surface area contributed by atoms with Gasteiger partial charge in [0.15, 0.2) is 0 Å². The van der Waals surface area contributed by atoms with Crippen molar-refractivity contribution < 1.29 is 55.2 Å². The summed E-state index contributed by atoms with van der Waals surface area (Å²) in [7, 11) is 0. The van der Waals surface area contributed by atoms with Crippen molar-refractivity contribution in [3.05, 3.63) is 0 Å². The van der Waals surface area contributed by atoms with Crippen molar-refractivity contribution >= 4 is 0 Å². The monoisotopic (exact) mass is 215 g/mol. The summed E-state index contributed by atoms with van der Waals surface area (Å²) in [6, 6.07) is 0. The minimum absolute atomic E-state index is 0. The maximum atomic E-state index is 0. The smallest absolute Gasteiger partial charge is 0 e. The Morgan fingerprint density at radius 1 is 0.286 bits per heavy atom. The second-order valence-electron chi connectivity index (χ2n) is 0. The maximum Gasteiger partial charge on any atom is 0 e. The summed E-state index contributed by atoms with van der Waals surface area (Å²) in [5, 5.41) is 0. The van der Waals surface area contributed by atoms with Crippen molar-refractivity contribution in [1.29, 1.82) is 0 Å². The molecule has 0 fully saturated rings. The van der Waals surface area contributed by atoms with E-state index in [9.17, 15) is 0 Å². The minimum Gasteiger partial charge on any atom is -0.412 e. The van der Waals surface area contributed by atoms with Crippen LogP contribution in [-0.2, 0) is 22.4 Å². The van der Waals surface area contributed by atoms with E-state index in [2.05, 4.69) is 0 Å². The molecule has 0 bridgehead atoms. The zero-order valence-corrected chi connectivity index (χ0v) is 4.78. The first-order valence-electron chi connectivity index (χ1n) is 0. The average Bonchev–Trinajstić information content (AvgIpc) is 0. The molecule has 0 aliphatic carbocycles.